The Labute approximate surface area is 130 Å². The van der Waals surface area contributed by atoms with Crippen LogP contribution in [0.25, 0.3) is 0 Å². The van der Waals surface area contributed by atoms with E-state index in [1.165, 1.54) is 7.05 Å². The van der Waals surface area contributed by atoms with Crippen molar-refractivity contribution in [2.24, 2.45) is 0 Å². The minimum atomic E-state index is -1.25. The van der Waals surface area contributed by atoms with E-state index in [9.17, 15) is 19.1 Å². The van der Waals surface area contributed by atoms with Gasteiger partial charge in [0.1, 0.15) is 0 Å². The molecule has 0 aliphatic heterocycles. The van der Waals surface area contributed by atoms with Crippen molar-refractivity contribution < 1.29 is 48.6 Å². The molecule has 0 bridgehead atoms. The van der Waals surface area contributed by atoms with Gasteiger partial charge in [0.2, 0.25) is 5.91 Å². The molecule has 18 heavy (non-hydrogen) atoms. The quantitative estimate of drug-likeness (QED) is 0.356. The Bertz CT molecular complexity index is 249. The van der Waals surface area contributed by atoms with E-state index in [4.69, 9.17) is 0 Å². The van der Waals surface area contributed by atoms with Crippen LogP contribution in [0.5, 0.6) is 0 Å². The zero-order valence-corrected chi connectivity index (χ0v) is 13.6. The van der Waals surface area contributed by atoms with Gasteiger partial charge in [0, 0.05) is 13.5 Å². The zero-order chi connectivity index (χ0) is 13.3. The van der Waals surface area contributed by atoms with Gasteiger partial charge in [-0.15, -0.1) is 0 Å². The fourth-order valence-corrected chi connectivity index (χ4v) is 1.53. The van der Waals surface area contributed by atoms with Crippen LogP contribution in [0.15, 0.2) is 0 Å². The van der Waals surface area contributed by atoms with Crippen molar-refractivity contribution in [1.82, 2.24) is 4.90 Å². The number of carbonyl (C=O) groups is 2. The third-order valence-corrected chi connectivity index (χ3v) is 2.53. The van der Waals surface area contributed by atoms with Gasteiger partial charge in [0.25, 0.3) is 0 Å². The minimum absolute atomic E-state index is 0. The first-order valence-corrected chi connectivity index (χ1v) is 6.01. The van der Waals surface area contributed by atoms with E-state index in [-0.39, 0.29) is 42.0 Å². The van der Waals surface area contributed by atoms with Crippen LogP contribution in [0.4, 0.5) is 4.39 Å². The maximum atomic E-state index is 12.4. The molecular weight excluding hydrogens is 248 g/mol. The summed E-state index contributed by atoms with van der Waals surface area (Å²) in [5.41, 5.74) is 0. The molecule has 0 aliphatic rings. The largest absolute Gasteiger partial charge is 1.00 e. The Balaban J connectivity index is 0. The maximum absolute atomic E-state index is 12.4. The maximum Gasteiger partial charge on any atom is 1.00 e. The number of hydrogen-bond acceptors (Lipinski definition) is 3. The van der Waals surface area contributed by atoms with Crippen LogP contribution in [-0.2, 0) is 9.59 Å². The number of amides is 1. The zero-order valence-electron chi connectivity index (χ0n) is 11.6. The summed E-state index contributed by atoms with van der Waals surface area (Å²) in [5.74, 6) is -1.44. The van der Waals surface area contributed by atoms with Crippen molar-refractivity contribution in [3.63, 3.8) is 0 Å². The molecule has 6 heteroatoms. The van der Waals surface area contributed by atoms with Gasteiger partial charge >= 0.3 is 29.6 Å². The second kappa shape index (κ2) is 11.9. The fourth-order valence-electron chi connectivity index (χ4n) is 1.53. The van der Waals surface area contributed by atoms with Crippen molar-refractivity contribution in [1.29, 1.82) is 0 Å². The summed E-state index contributed by atoms with van der Waals surface area (Å²) in [7, 11) is 1.45. The van der Waals surface area contributed by atoms with Gasteiger partial charge in [-0.05, 0) is 19.8 Å². The van der Waals surface area contributed by atoms with Crippen molar-refractivity contribution >= 4 is 11.9 Å². The number of carboxylic acids is 1. The summed E-state index contributed by atoms with van der Waals surface area (Å²) in [5, 5.41) is 10.3. The topological polar surface area (TPSA) is 60.4 Å². The first-order valence-electron chi connectivity index (χ1n) is 6.01. The fraction of sp³-hybridized carbons (Fsp3) is 0.833. The van der Waals surface area contributed by atoms with Crippen molar-refractivity contribution in [3.8, 4) is 0 Å². The van der Waals surface area contributed by atoms with Gasteiger partial charge in [0.15, 0.2) is 0 Å². The molecule has 0 aromatic carbocycles. The van der Waals surface area contributed by atoms with E-state index in [1.807, 2.05) is 0 Å². The number of halogens is 1. The number of carboxylic acid groups (broad SMARTS) is 1. The first kappa shape index (κ1) is 20.2. The van der Waals surface area contributed by atoms with Gasteiger partial charge in [-0.3, -0.25) is 4.79 Å². The van der Waals surface area contributed by atoms with Gasteiger partial charge < -0.3 is 14.8 Å². The summed E-state index contributed by atoms with van der Waals surface area (Å²) < 4.78 is 12.4. The Morgan fingerprint density at radius 2 is 1.78 bits per heavy atom. The molecule has 0 N–H and O–H groups in total. The number of alkyl halides is 1. The van der Waals surface area contributed by atoms with Gasteiger partial charge in [-0.1, -0.05) is 19.3 Å². The number of rotatable bonds is 9. The molecule has 0 aromatic heterocycles. The Kier molecular flexibility index (Phi) is 13.4. The molecule has 0 radical (unpaired) electrons. The Hall–Kier alpha value is -0.130. The van der Waals surface area contributed by atoms with E-state index >= 15 is 0 Å². The number of unbranched alkanes of at least 4 members (excludes halogenated alkanes) is 3. The molecule has 1 atom stereocenters. The average molecular weight is 269 g/mol. The summed E-state index contributed by atoms with van der Waals surface area (Å²) in [6, 6.07) is 0. The number of nitrogens with zero attached hydrogens (tertiary/aromatic N) is 1. The van der Waals surface area contributed by atoms with Crippen LogP contribution in [0.3, 0.4) is 0 Å². The van der Waals surface area contributed by atoms with Crippen LogP contribution in [-0.4, -0.2) is 36.5 Å². The molecular formula is C12H21FNNaO3. The van der Waals surface area contributed by atoms with E-state index in [0.29, 0.717) is 12.8 Å². The molecule has 0 saturated carbocycles. The monoisotopic (exact) mass is 269 g/mol. The number of carbonyl (C=O) groups excluding carboxylic acids is 2. The van der Waals surface area contributed by atoms with E-state index in [2.05, 4.69) is 0 Å². The molecule has 100 valence electrons. The summed E-state index contributed by atoms with van der Waals surface area (Å²) >= 11 is 0. The molecule has 0 saturated heterocycles. The molecule has 0 aromatic rings. The smallest absolute Gasteiger partial charge is 0.548 e. The third-order valence-electron chi connectivity index (χ3n) is 2.53. The number of aliphatic carboxylic acids is 1. The second-order valence-electron chi connectivity index (χ2n) is 4.36. The third kappa shape index (κ3) is 12.3. The SMILES string of the molecule is CC(F)CCCCCCC(=O)N(C)CC(=O)[O-].[Na+]. The Morgan fingerprint density at radius 3 is 2.28 bits per heavy atom. The number of hydrogen-bond donors (Lipinski definition) is 0. The predicted molar refractivity (Wildman–Crippen MR) is 60.9 cm³/mol. The predicted octanol–water partition coefficient (Wildman–Crippen LogP) is -2.10. The second-order valence-corrected chi connectivity index (χ2v) is 4.36. The summed E-state index contributed by atoms with van der Waals surface area (Å²) in [6.07, 6.45) is 3.49. The summed E-state index contributed by atoms with van der Waals surface area (Å²) in [4.78, 5) is 22.8. The van der Waals surface area contributed by atoms with Crippen molar-refractivity contribution in [2.75, 3.05) is 13.6 Å². The van der Waals surface area contributed by atoms with Crippen LogP contribution >= 0.6 is 0 Å². The van der Waals surface area contributed by atoms with Gasteiger partial charge in [-0.25, -0.2) is 4.39 Å². The molecule has 0 heterocycles. The van der Waals surface area contributed by atoms with Gasteiger partial charge in [0.05, 0.1) is 18.7 Å². The van der Waals surface area contributed by atoms with E-state index in [1.54, 1.807) is 6.92 Å². The number of likely N-dealkylation sites (N-methyl/N-ethyl adjacent to an activating group) is 1. The normalized spacial score (nSPS) is 11.5. The van der Waals surface area contributed by atoms with Crippen LogP contribution in [0.1, 0.15) is 45.4 Å². The first-order chi connectivity index (χ1) is 7.93. The molecule has 0 aliphatic carbocycles. The van der Waals surface area contributed by atoms with E-state index < -0.39 is 12.1 Å². The van der Waals surface area contributed by atoms with E-state index in [0.717, 1.165) is 30.6 Å². The molecule has 1 amide bonds. The molecule has 1 unspecified atom stereocenters. The molecule has 0 fully saturated rings. The van der Waals surface area contributed by atoms with Crippen LogP contribution in [0, 0.1) is 0 Å². The molecule has 4 nitrogen and oxygen atoms in total. The van der Waals surface area contributed by atoms with Crippen LogP contribution in [0.2, 0.25) is 0 Å². The minimum Gasteiger partial charge on any atom is -0.548 e. The van der Waals surface area contributed by atoms with Crippen molar-refractivity contribution in [3.05, 3.63) is 0 Å². The molecule has 0 spiro atoms. The summed E-state index contributed by atoms with van der Waals surface area (Å²) in [6.45, 7) is 1.18. The Morgan fingerprint density at radius 1 is 1.22 bits per heavy atom. The van der Waals surface area contributed by atoms with Crippen LogP contribution < -0.4 is 34.7 Å². The average Bonchev–Trinajstić information content (AvgIpc) is 2.21. The standard InChI is InChI=1S/C12H22FNO3.Na/c1-10(13)7-5-3-4-6-8-11(15)14(2)9-12(16)17;/h10H,3-9H2,1-2H3,(H,16,17);/q;+1/p-1. The van der Waals surface area contributed by atoms with Crippen molar-refractivity contribution in [2.45, 2.75) is 51.6 Å². The van der Waals surface area contributed by atoms with Gasteiger partial charge in [-0.2, -0.15) is 0 Å². The molecule has 0 rings (SSSR count).